The van der Waals surface area contributed by atoms with Gasteiger partial charge in [0.1, 0.15) is 0 Å². The maximum Gasteiger partial charge on any atom is 0.248 e. The van der Waals surface area contributed by atoms with Crippen LogP contribution in [-0.4, -0.2) is 24.0 Å². The summed E-state index contributed by atoms with van der Waals surface area (Å²) in [4.78, 5) is 4.15. The van der Waals surface area contributed by atoms with Gasteiger partial charge in [-0.2, -0.15) is 0 Å². The van der Waals surface area contributed by atoms with Crippen LogP contribution >= 0.6 is 0 Å². The number of nitrogens with two attached hydrogens (primary N) is 1. The highest BCUT2D eigenvalue weighted by Gasteiger charge is 2.35. The molecule has 0 amide bonds. The summed E-state index contributed by atoms with van der Waals surface area (Å²) in [6, 6.07) is 0. The van der Waals surface area contributed by atoms with Crippen LogP contribution in [0, 0.1) is 5.92 Å². The largest absolute Gasteiger partial charge is 0.370 e. The van der Waals surface area contributed by atoms with E-state index < -0.39 is 5.92 Å². The van der Waals surface area contributed by atoms with E-state index in [0.29, 0.717) is 18.9 Å². The van der Waals surface area contributed by atoms with Gasteiger partial charge in [0, 0.05) is 24.9 Å². The van der Waals surface area contributed by atoms with Crippen molar-refractivity contribution in [3.8, 4) is 0 Å². The summed E-state index contributed by atoms with van der Waals surface area (Å²) in [5, 5.41) is 3.02. The second-order valence-corrected chi connectivity index (χ2v) is 5.92. The van der Waals surface area contributed by atoms with Gasteiger partial charge in [-0.3, -0.25) is 4.99 Å². The van der Waals surface area contributed by atoms with Gasteiger partial charge in [-0.15, -0.1) is 0 Å². The quantitative estimate of drug-likeness (QED) is 0.582. The third-order valence-corrected chi connectivity index (χ3v) is 2.77. The fourth-order valence-corrected chi connectivity index (χ4v) is 2.08. The van der Waals surface area contributed by atoms with Crippen LogP contribution in [0.15, 0.2) is 4.99 Å². The number of guanidine groups is 1. The van der Waals surface area contributed by atoms with Gasteiger partial charge in [-0.05, 0) is 39.5 Å². The molecule has 0 bridgehead atoms. The van der Waals surface area contributed by atoms with E-state index in [1.165, 1.54) is 0 Å². The summed E-state index contributed by atoms with van der Waals surface area (Å²) in [6.45, 7) is 6.32. The molecule has 0 aromatic carbocycles. The lowest BCUT2D eigenvalue weighted by atomic mass is 9.87. The van der Waals surface area contributed by atoms with Crippen molar-refractivity contribution in [3.63, 3.8) is 0 Å². The topological polar surface area (TPSA) is 50.4 Å². The van der Waals surface area contributed by atoms with Crippen LogP contribution in [0.1, 0.15) is 46.5 Å². The van der Waals surface area contributed by atoms with Gasteiger partial charge in [-0.1, -0.05) is 0 Å². The van der Waals surface area contributed by atoms with Gasteiger partial charge in [0.15, 0.2) is 5.96 Å². The Hall–Kier alpha value is -0.870. The van der Waals surface area contributed by atoms with E-state index in [2.05, 4.69) is 10.3 Å². The van der Waals surface area contributed by atoms with Crippen molar-refractivity contribution < 1.29 is 8.78 Å². The van der Waals surface area contributed by atoms with E-state index in [-0.39, 0.29) is 24.3 Å². The highest BCUT2D eigenvalue weighted by molar-refractivity contribution is 5.78. The van der Waals surface area contributed by atoms with Gasteiger partial charge in [-0.25, -0.2) is 8.78 Å². The molecule has 5 heteroatoms. The first-order chi connectivity index (χ1) is 7.68. The maximum atomic E-state index is 13.2. The highest BCUT2D eigenvalue weighted by Crippen LogP contribution is 2.36. The Kier molecular flexibility index (Phi) is 4.33. The Bertz CT molecular complexity index is 282. The first-order valence-electron chi connectivity index (χ1n) is 6.14. The number of hydrogen-bond donors (Lipinski definition) is 2. The molecule has 0 radical (unpaired) electrons. The van der Waals surface area contributed by atoms with E-state index in [9.17, 15) is 8.78 Å². The molecule has 1 atom stereocenters. The average molecular weight is 247 g/mol. The first-order valence-corrected chi connectivity index (χ1v) is 6.14. The normalized spacial score (nSPS) is 25.7. The van der Waals surface area contributed by atoms with Gasteiger partial charge in [0.25, 0.3) is 0 Å². The maximum absolute atomic E-state index is 13.2. The molecule has 1 rings (SSSR count). The molecule has 1 aliphatic carbocycles. The Balaban J connectivity index is 2.42. The van der Waals surface area contributed by atoms with E-state index in [4.69, 9.17) is 5.73 Å². The first kappa shape index (κ1) is 14.2. The van der Waals surface area contributed by atoms with Crippen molar-refractivity contribution >= 4 is 5.96 Å². The molecule has 1 saturated carbocycles. The average Bonchev–Trinajstić information content (AvgIpc) is 2.10. The molecule has 0 spiro atoms. The third-order valence-electron chi connectivity index (χ3n) is 2.77. The second kappa shape index (κ2) is 5.19. The predicted molar refractivity (Wildman–Crippen MR) is 66.3 cm³/mol. The summed E-state index contributed by atoms with van der Waals surface area (Å²) in [6.07, 6.45) is 1.36. The standard InChI is InChI=1S/C12H23F2N3/c1-11(2,3)17-10(15)16-8-9-5-4-6-12(13,14)7-9/h9H,4-8H2,1-3H3,(H3,15,16,17). The lowest BCUT2D eigenvalue weighted by Crippen LogP contribution is -2.45. The molecule has 3 nitrogen and oxygen atoms in total. The summed E-state index contributed by atoms with van der Waals surface area (Å²) in [7, 11) is 0. The van der Waals surface area contributed by atoms with Crippen LogP contribution < -0.4 is 11.1 Å². The van der Waals surface area contributed by atoms with Crippen molar-refractivity contribution in [2.45, 2.75) is 57.9 Å². The molecule has 0 aromatic rings. The van der Waals surface area contributed by atoms with E-state index in [1.807, 2.05) is 20.8 Å². The number of alkyl halides is 2. The summed E-state index contributed by atoms with van der Waals surface area (Å²) in [5.41, 5.74) is 5.55. The summed E-state index contributed by atoms with van der Waals surface area (Å²) < 4.78 is 26.3. The summed E-state index contributed by atoms with van der Waals surface area (Å²) >= 11 is 0. The Morgan fingerprint density at radius 3 is 2.65 bits per heavy atom. The molecule has 1 fully saturated rings. The molecule has 0 aromatic heterocycles. The number of halogens is 2. The molecule has 0 heterocycles. The van der Waals surface area contributed by atoms with Crippen LogP contribution in [0.3, 0.4) is 0 Å². The lowest BCUT2D eigenvalue weighted by molar-refractivity contribution is -0.0508. The lowest BCUT2D eigenvalue weighted by Gasteiger charge is -2.28. The molecule has 1 unspecified atom stereocenters. The molecule has 0 saturated heterocycles. The number of nitrogens with zero attached hydrogens (tertiary/aromatic N) is 1. The zero-order valence-electron chi connectivity index (χ0n) is 10.9. The van der Waals surface area contributed by atoms with Gasteiger partial charge < -0.3 is 11.1 Å². The third kappa shape index (κ3) is 5.84. The predicted octanol–water partition coefficient (Wildman–Crippen LogP) is 2.51. The molecule has 1 aliphatic rings. The molecule has 100 valence electrons. The van der Waals surface area contributed by atoms with Crippen LogP contribution in [0.4, 0.5) is 8.78 Å². The smallest absolute Gasteiger partial charge is 0.248 e. The van der Waals surface area contributed by atoms with Crippen LogP contribution in [0.25, 0.3) is 0 Å². The Morgan fingerprint density at radius 2 is 2.12 bits per heavy atom. The minimum absolute atomic E-state index is 0.0168. The van der Waals surface area contributed by atoms with Crippen molar-refractivity contribution in [1.29, 1.82) is 0 Å². The molecular weight excluding hydrogens is 224 g/mol. The number of aliphatic imine (C=N–C) groups is 1. The highest BCUT2D eigenvalue weighted by atomic mass is 19.3. The number of hydrogen-bond acceptors (Lipinski definition) is 1. The molecule has 0 aliphatic heterocycles. The van der Waals surface area contributed by atoms with Gasteiger partial charge >= 0.3 is 0 Å². The Morgan fingerprint density at radius 1 is 1.47 bits per heavy atom. The zero-order valence-corrected chi connectivity index (χ0v) is 10.9. The SMILES string of the molecule is CC(C)(C)NC(N)=NCC1CCCC(F)(F)C1. The summed E-state index contributed by atoms with van der Waals surface area (Å²) in [5.74, 6) is -2.21. The van der Waals surface area contributed by atoms with Gasteiger partial charge in [0.05, 0.1) is 0 Å². The number of rotatable bonds is 2. The van der Waals surface area contributed by atoms with Crippen molar-refractivity contribution in [2.24, 2.45) is 16.6 Å². The van der Waals surface area contributed by atoms with Crippen molar-refractivity contribution in [1.82, 2.24) is 5.32 Å². The number of nitrogens with one attached hydrogen (secondary N) is 1. The monoisotopic (exact) mass is 247 g/mol. The van der Waals surface area contributed by atoms with E-state index >= 15 is 0 Å². The van der Waals surface area contributed by atoms with Crippen molar-refractivity contribution in [2.75, 3.05) is 6.54 Å². The van der Waals surface area contributed by atoms with Gasteiger partial charge in [0.2, 0.25) is 5.92 Å². The zero-order chi connectivity index (χ0) is 13.1. The molecule has 17 heavy (non-hydrogen) atoms. The fourth-order valence-electron chi connectivity index (χ4n) is 2.08. The van der Waals surface area contributed by atoms with Crippen LogP contribution in [0.5, 0.6) is 0 Å². The second-order valence-electron chi connectivity index (χ2n) is 5.92. The molecule has 3 N–H and O–H groups in total. The van der Waals surface area contributed by atoms with E-state index in [0.717, 1.165) is 6.42 Å². The fraction of sp³-hybridized carbons (Fsp3) is 0.917. The van der Waals surface area contributed by atoms with Crippen molar-refractivity contribution in [3.05, 3.63) is 0 Å². The van der Waals surface area contributed by atoms with E-state index in [1.54, 1.807) is 0 Å². The van der Waals surface area contributed by atoms with Crippen LogP contribution in [0.2, 0.25) is 0 Å². The minimum Gasteiger partial charge on any atom is -0.370 e. The Labute approximate surface area is 102 Å². The minimum atomic E-state index is -2.51. The molecular formula is C12H23F2N3. The van der Waals surface area contributed by atoms with Crippen LogP contribution in [-0.2, 0) is 0 Å².